The van der Waals surface area contributed by atoms with E-state index in [1.54, 1.807) is 20.8 Å². The van der Waals surface area contributed by atoms with Crippen molar-refractivity contribution in [3.63, 3.8) is 0 Å². The van der Waals surface area contributed by atoms with Gasteiger partial charge in [0.25, 0.3) is 0 Å². The van der Waals surface area contributed by atoms with Crippen LogP contribution in [-0.4, -0.2) is 52.1 Å². The Bertz CT molecular complexity index is 494. The van der Waals surface area contributed by atoms with E-state index >= 15 is 0 Å². The summed E-state index contributed by atoms with van der Waals surface area (Å²) in [6.07, 6.45) is -0.0684. The average molecular weight is 359 g/mol. The summed E-state index contributed by atoms with van der Waals surface area (Å²) in [7, 11) is 0. The highest BCUT2D eigenvalue weighted by Gasteiger charge is 2.31. The van der Waals surface area contributed by atoms with E-state index in [4.69, 9.17) is 15.9 Å². The summed E-state index contributed by atoms with van der Waals surface area (Å²) in [5, 5.41) is 22.7. The number of carbonyl (C=O) groups is 4. The van der Waals surface area contributed by atoms with Gasteiger partial charge in [-0.05, 0) is 18.3 Å². The highest BCUT2D eigenvalue weighted by Crippen LogP contribution is 2.10. The van der Waals surface area contributed by atoms with Crippen LogP contribution in [0.15, 0.2) is 0 Å². The Balaban J connectivity index is 5.12. The molecule has 2 amide bonds. The minimum atomic E-state index is -1.34. The molecule has 0 aliphatic rings. The third-order valence-corrected chi connectivity index (χ3v) is 4.08. The van der Waals surface area contributed by atoms with Gasteiger partial charge in [-0.2, -0.15) is 0 Å². The van der Waals surface area contributed by atoms with Crippen molar-refractivity contribution in [3.05, 3.63) is 0 Å². The molecule has 4 atom stereocenters. The standard InChI is InChI=1S/C16H29N3O6/c1-5-9(4)13(19-14(22)12(17)8(2)3)15(23)18-10(16(24)25)6-7-11(20)21/h8-10,12-13H,5-7,17H2,1-4H3,(H,18,23)(H,19,22)(H,20,21)(H,24,25). The molecule has 144 valence electrons. The monoisotopic (exact) mass is 359 g/mol. The maximum Gasteiger partial charge on any atom is 0.326 e. The number of carbonyl (C=O) groups excluding carboxylic acids is 2. The van der Waals surface area contributed by atoms with E-state index in [0.29, 0.717) is 6.42 Å². The molecule has 0 aliphatic carbocycles. The smallest absolute Gasteiger partial charge is 0.326 e. The fourth-order valence-electron chi connectivity index (χ4n) is 2.04. The number of carboxylic acid groups (broad SMARTS) is 2. The van der Waals surface area contributed by atoms with E-state index in [2.05, 4.69) is 10.6 Å². The molecule has 0 aromatic carbocycles. The Morgan fingerprint density at radius 2 is 1.56 bits per heavy atom. The van der Waals surface area contributed by atoms with Gasteiger partial charge in [-0.1, -0.05) is 34.1 Å². The van der Waals surface area contributed by atoms with Crippen LogP contribution in [0.3, 0.4) is 0 Å². The Hall–Kier alpha value is -2.16. The SMILES string of the molecule is CCC(C)C(NC(=O)C(N)C(C)C)C(=O)NC(CCC(=O)O)C(=O)O. The largest absolute Gasteiger partial charge is 0.481 e. The maximum absolute atomic E-state index is 12.5. The fourth-order valence-corrected chi connectivity index (χ4v) is 2.04. The van der Waals surface area contributed by atoms with Crippen LogP contribution in [0.5, 0.6) is 0 Å². The van der Waals surface area contributed by atoms with Gasteiger partial charge in [0.1, 0.15) is 12.1 Å². The maximum atomic E-state index is 12.5. The van der Waals surface area contributed by atoms with Gasteiger partial charge in [-0.3, -0.25) is 14.4 Å². The van der Waals surface area contributed by atoms with Crippen molar-refractivity contribution in [2.75, 3.05) is 0 Å². The van der Waals surface area contributed by atoms with Crippen LogP contribution in [0.25, 0.3) is 0 Å². The highest BCUT2D eigenvalue weighted by molar-refractivity contribution is 5.92. The van der Waals surface area contributed by atoms with Crippen molar-refractivity contribution >= 4 is 23.8 Å². The van der Waals surface area contributed by atoms with Crippen LogP contribution in [0.1, 0.15) is 47.0 Å². The Kier molecular flexibility index (Phi) is 9.73. The molecular weight excluding hydrogens is 330 g/mol. The van der Waals surface area contributed by atoms with Gasteiger partial charge in [-0.25, -0.2) is 4.79 Å². The molecule has 9 nitrogen and oxygen atoms in total. The molecule has 0 fully saturated rings. The average Bonchev–Trinajstić information content (AvgIpc) is 2.53. The quantitative estimate of drug-likeness (QED) is 0.345. The van der Waals surface area contributed by atoms with Gasteiger partial charge in [0, 0.05) is 6.42 Å². The van der Waals surface area contributed by atoms with E-state index < -0.39 is 48.3 Å². The lowest BCUT2D eigenvalue weighted by Crippen LogP contribution is -2.57. The van der Waals surface area contributed by atoms with E-state index in [9.17, 15) is 19.2 Å². The molecule has 0 heterocycles. The zero-order valence-electron chi connectivity index (χ0n) is 15.1. The molecule has 0 bridgehead atoms. The van der Waals surface area contributed by atoms with Gasteiger partial charge < -0.3 is 26.6 Å². The van der Waals surface area contributed by atoms with Crippen LogP contribution in [0, 0.1) is 11.8 Å². The van der Waals surface area contributed by atoms with Gasteiger partial charge >= 0.3 is 11.9 Å². The van der Waals surface area contributed by atoms with Crippen LogP contribution in [0.4, 0.5) is 0 Å². The number of hydrogen-bond acceptors (Lipinski definition) is 5. The minimum Gasteiger partial charge on any atom is -0.481 e. The van der Waals surface area contributed by atoms with Crippen molar-refractivity contribution in [2.24, 2.45) is 17.6 Å². The summed E-state index contributed by atoms with van der Waals surface area (Å²) in [5.74, 6) is -4.03. The molecule has 6 N–H and O–H groups in total. The summed E-state index contributed by atoms with van der Waals surface area (Å²) in [6.45, 7) is 7.13. The second-order valence-electron chi connectivity index (χ2n) is 6.47. The topological polar surface area (TPSA) is 159 Å². The molecule has 25 heavy (non-hydrogen) atoms. The van der Waals surface area contributed by atoms with Gasteiger partial charge in [-0.15, -0.1) is 0 Å². The first-order valence-electron chi connectivity index (χ1n) is 8.32. The van der Waals surface area contributed by atoms with Gasteiger partial charge in [0.15, 0.2) is 0 Å². The minimum absolute atomic E-state index is 0.122. The normalized spacial score (nSPS) is 15.8. The third kappa shape index (κ3) is 7.97. The van der Waals surface area contributed by atoms with Crippen LogP contribution in [-0.2, 0) is 19.2 Å². The summed E-state index contributed by atoms with van der Waals surface area (Å²) >= 11 is 0. The van der Waals surface area contributed by atoms with E-state index in [1.807, 2.05) is 6.92 Å². The van der Waals surface area contributed by atoms with Crippen LogP contribution >= 0.6 is 0 Å². The summed E-state index contributed by atoms with van der Waals surface area (Å²) in [6, 6.07) is -3.08. The first kappa shape index (κ1) is 22.8. The predicted octanol–water partition coefficient (Wildman–Crippen LogP) is -0.0652. The number of rotatable bonds is 11. The predicted molar refractivity (Wildman–Crippen MR) is 90.6 cm³/mol. The zero-order valence-corrected chi connectivity index (χ0v) is 15.1. The number of hydrogen-bond donors (Lipinski definition) is 5. The first-order chi connectivity index (χ1) is 11.5. The fraction of sp³-hybridized carbons (Fsp3) is 0.750. The Morgan fingerprint density at radius 3 is 1.96 bits per heavy atom. The number of nitrogens with one attached hydrogen (secondary N) is 2. The molecule has 0 spiro atoms. The Labute approximate surface area is 147 Å². The van der Waals surface area contributed by atoms with Crippen molar-refractivity contribution in [3.8, 4) is 0 Å². The lowest BCUT2D eigenvalue weighted by Gasteiger charge is -2.27. The lowest BCUT2D eigenvalue weighted by atomic mass is 9.96. The molecule has 0 rings (SSSR count). The van der Waals surface area contributed by atoms with Gasteiger partial charge in [0.05, 0.1) is 6.04 Å². The van der Waals surface area contributed by atoms with Crippen molar-refractivity contribution in [1.29, 1.82) is 0 Å². The number of carboxylic acids is 2. The lowest BCUT2D eigenvalue weighted by molar-refractivity contribution is -0.143. The Morgan fingerprint density at radius 1 is 1.00 bits per heavy atom. The molecule has 0 aromatic heterocycles. The van der Waals surface area contributed by atoms with Crippen LogP contribution in [0.2, 0.25) is 0 Å². The van der Waals surface area contributed by atoms with Gasteiger partial charge in [0.2, 0.25) is 11.8 Å². The van der Waals surface area contributed by atoms with E-state index in [0.717, 1.165) is 0 Å². The van der Waals surface area contributed by atoms with Crippen LogP contribution < -0.4 is 16.4 Å². The molecule has 0 saturated carbocycles. The number of aliphatic carboxylic acids is 2. The van der Waals surface area contributed by atoms with Crippen molar-refractivity contribution < 1.29 is 29.4 Å². The second-order valence-corrected chi connectivity index (χ2v) is 6.47. The van der Waals surface area contributed by atoms with Crippen molar-refractivity contribution in [1.82, 2.24) is 10.6 Å². The molecule has 0 aliphatic heterocycles. The number of amides is 2. The zero-order chi connectivity index (χ0) is 19.7. The molecule has 0 radical (unpaired) electrons. The summed E-state index contributed by atoms with van der Waals surface area (Å²) in [4.78, 5) is 46.4. The molecule has 0 saturated heterocycles. The third-order valence-electron chi connectivity index (χ3n) is 4.08. The van der Waals surface area contributed by atoms with E-state index in [-0.39, 0.29) is 18.3 Å². The second kappa shape index (κ2) is 10.7. The van der Waals surface area contributed by atoms with E-state index in [1.165, 1.54) is 0 Å². The molecule has 9 heteroatoms. The highest BCUT2D eigenvalue weighted by atomic mass is 16.4. The molecule has 4 unspecified atom stereocenters. The summed E-state index contributed by atoms with van der Waals surface area (Å²) < 4.78 is 0. The number of nitrogens with two attached hydrogens (primary N) is 1. The summed E-state index contributed by atoms with van der Waals surface area (Å²) in [5.41, 5.74) is 5.78. The molecule has 0 aromatic rings. The first-order valence-corrected chi connectivity index (χ1v) is 8.32. The molecular formula is C16H29N3O6. The van der Waals surface area contributed by atoms with Crippen molar-refractivity contribution in [2.45, 2.75) is 65.1 Å².